The molecule has 144 valence electrons. The Hall–Kier alpha value is -0.0800. The number of hydrogen-bond donors (Lipinski definition) is 2. The summed E-state index contributed by atoms with van der Waals surface area (Å²) in [5, 5.41) is 6.75. The monoisotopic (exact) mass is 454 g/mol. The van der Waals surface area contributed by atoms with Crippen molar-refractivity contribution in [1.82, 2.24) is 15.5 Å². The fourth-order valence-corrected chi connectivity index (χ4v) is 2.72. The number of hydrogen-bond acceptors (Lipinski definition) is 3. The summed E-state index contributed by atoms with van der Waals surface area (Å²) in [6.45, 7) is 13.8. The van der Waals surface area contributed by atoms with Crippen molar-refractivity contribution < 1.29 is 4.74 Å². The highest BCUT2D eigenvalue weighted by molar-refractivity contribution is 14.0. The fraction of sp³-hybridized carbons (Fsp3) is 0.944. The van der Waals surface area contributed by atoms with Crippen molar-refractivity contribution in [2.45, 2.75) is 65.5 Å². The predicted octanol–water partition coefficient (Wildman–Crippen LogP) is 3.10. The lowest BCUT2D eigenvalue weighted by molar-refractivity contribution is 0.123. The maximum atomic E-state index is 5.64. The molecular formula is C18H39IN4O. The van der Waals surface area contributed by atoms with E-state index in [0.29, 0.717) is 12.1 Å². The lowest BCUT2D eigenvalue weighted by atomic mass is 10.2. The van der Waals surface area contributed by atoms with Crippen LogP contribution < -0.4 is 10.6 Å². The van der Waals surface area contributed by atoms with Gasteiger partial charge in [-0.3, -0.25) is 9.89 Å². The molecule has 5 nitrogen and oxygen atoms in total. The summed E-state index contributed by atoms with van der Waals surface area (Å²) in [5.74, 6) is 1.75. The molecule has 6 heteroatoms. The van der Waals surface area contributed by atoms with Gasteiger partial charge in [-0.15, -0.1) is 24.0 Å². The third-order valence-corrected chi connectivity index (χ3v) is 4.24. The van der Waals surface area contributed by atoms with Crippen molar-refractivity contribution >= 4 is 29.9 Å². The van der Waals surface area contributed by atoms with Gasteiger partial charge in [0.2, 0.25) is 0 Å². The standard InChI is InChI=1S/C18H38N4O.HI/c1-15(2)22(16(3)4)12-6-10-20-18(19-5)21-11-7-13-23-14-17-8-9-17;/h15-17H,6-14H2,1-5H3,(H2,19,20,21);1H. The third kappa shape index (κ3) is 11.5. The van der Waals surface area contributed by atoms with Crippen LogP contribution in [-0.2, 0) is 4.74 Å². The molecule has 0 aromatic heterocycles. The molecule has 24 heavy (non-hydrogen) atoms. The maximum Gasteiger partial charge on any atom is 0.190 e. The number of nitrogens with zero attached hydrogens (tertiary/aromatic N) is 2. The van der Waals surface area contributed by atoms with E-state index in [4.69, 9.17) is 4.74 Å². The first-order chi connectivity index (χ1) is 11.0. The van der Waals surface area contributed by atoms with Gasteiger partial charge in [-0.05, 0) is 59.3 Å². The van der Waals surface area contributed by atoms with Crippen molar-refractivity contribution in [3.63, 3.8) is 0 Å². The van der Waals surface area contributed by atoms with Gasteiger partial charge < -0.3 is 15.4 Å². The summed E-state index contributed by atoms with van der Waals surface area (Å²) in [6, 6.07) is 1.20. The zero-order chi connectivity index (χ0) is 17.1. The summed E-state index contributed by atoms with van der Waals surface area (Å²) in [6.07, 6.45) is 4.88. The lowest BCUT2D eigenvalue weighted by Crippen LogP contribution is -2.41. The van der Waals surface area contributed by atoms with Crippen LogP contribution in [0.25, 0.3) is 0 Å². The minimum atomic E-state index is 0. The first kappa shape index (κ1) is 23.9. The molecule has 0 aromatic carbocycles. The van der Waals surface area contributed by atoms with Crippen LogP contribution in [-0.4, -0.2) is 62.8 Å². The third-order valence-electron chi connectivity index (χ3n) is 4.24. The zero-order valence-electron chi connectivity index (χ0n) is 16.3. The number of nitrogens with one attached hydrogen (secondary N) is 2. The van der Waals surface area contributed by atoms with Crippen molar-refractivity contribution in [1.29, 1.82) is 0 Å². The van der Waals surface area contributed by atoms with E-state index in [0.717, 1.165) is 57.6 Å². The number of halogens is 1. The topological polar surface area (TPSA) is 48.9 Å². The van der Waals surface area contributed by atoms with E-state index in [1.807, 2.05) is 7.05 Å². The molecule has 1 saturated carbocycles. The summed E-state index contributed by atoms with van der Waals surface area (Å²) < 4.78 is 5.64. The molecule has 2 N–H and O–H groups in total. The largest absolute Gasteiger partial charge is 0.381 e. The first-order valence-corrected chi connectivity index (χ1v) is 9.32. The Balaban J connectivity index is 0.00000529. The molecular weight excluding hydrogens is 415 g/mol. The quantitative estimate of drug-likeness (QED) is 0.206. The molecule has 0 amide bonds. The van der Waals surface area contributed by atoms with E-state index in [9.17, 15) is 0 Å². The van der Waals surface area contributed by atoms with Gasteiger partial charge in [-0.25, -0.2) is 0 Å². The van der Waals surface area contributed by atoms with Gasteiger partial charge in [0.05, 0.1) is 0 Å². The van der Waals surface area contributed by atoms with Crippen molar-refractivity contribution in [3.8, 4) is 0 Å². The molecule has 0 spiro atoms. The van der Waals surface area contributed by atoms with Gasteiger partial charge in [0.1, 0.15) is 0 Å². The summed E-state index contributed by atoms with van der Waals surface area (Å²) in [4.78, 5) is 6.79. The van der Waals surface area contributed by atoms with Gasteiger partial charge in [-0.2, -0.15) is 0 Å². The Morgan fingerprint density at radius 1 is 1.08 bits per heavy atom. The molecule has 0 aromatic rings. The van der Waals surface area contributed by atoms with Gasteiger partial charge in [0.25, 0.3) is 0 Å². The first-order valence-electron chi connectivity index (χ1n) is 9.32. The molecule has 1 fully saturated rings. The second-order valence-electron chi connectivity index (χ2n) is 7.08. The zero-order valence-corrected chi connectivity index (χ0v) is 18.6. The second-order valence-corrected chi connectivity index (χ2v) is 7.08. The Morgan fingerprint density at radius 3 is 2.17 bits per heavy atom. The predicted molar refractivity (Wildman–Crippen MR) is 115 cm³/mol. The molecule has 0 aliphatic heterocycles. The van der Waals surface area contributed by atoms with Crippen LogP contribution in [0.5, 0.6) is 0 Å². The smallest absolute Gasteiger partial charge is 0.190 e. The summed E-state index contributed by atoms with van der Waals surface area (Å²) >= 11 is 0. The average Bonchev–Trinajstić information content (AvgIpc) is 3.31. The number of ether oxygens (including phenoxy) is 1. The molecule has 1 aliphatic carbocycles. The van der Waals surface area contributed by atoms with E-state index in [-0.39, 0.29) is 24.0 Å². The highest BCUT2D eigenvalue weighted by Crippen LogP contribution is 2.28. The number of guanidine groups is 1. The Kier molecular flexibility index (Phi) is 14.1. The van der Waals surface area contributed by atoms with Crippen LogP contribution in [0.1, 0.15) is 53.4 Å². The number of rotatable bonds is 12. The molecule has 0 radical (unpaired) electrons. The Bertz CT molecular complexity index is 325. The van der Waals surface area contributed by atoms with Crippen molar-refractivity contribution in [2.75, 3.05) is 39.9 Å². The normalized spacial score (nSPS) is 15.1. The van der Waals surface area contributed by atoms with E-state index < -0.39 is 0 Å². The van der Waals surface area contributed by atoms with E-state index in [1.54, 1.807) is 0 Å². The molecule has 0 atom stereocenters. The summed E-state index contributed by atoms with van der Waals surface area (Å²) in [5.41, 5.74) is 0. The minimum Gasteiger partial charge on any atom is -0.381 e. The SMILES string of the molecule is CN=C(NCCCOCC1CC1)NCCCN(C(C)C)C(C)C.I. The molecule has 0 heterocycles. The highest BCUT2D eigenvalue weighted by atomic mass is 127. The summed E-state index contributed by atoms with van der Waals surface area (Å²) in [7, 11) is 1.83. The highest BCUT2D eigenvalue weighted by Gasteiger charge is 2.20. The van der Waals surface area contributed by atoms with Gasteiger partial charge in [0.15, 0.2) is 5.96 Å². The van der Waals surface area contributed by atoms with E-state index >= 15 is 0 Å². The fourth-order valence-electron chi connectivity index (χ4n) is 2.72. The minimum absolute atomic E-state index is 0. The lowest BCUT2D eigenvalue weighted by Gasteiger charge is -2.30. The van der Waals surface area contributed by atoms with E-state index in [1.165, 1.54) is 12.8 Å². The van der Waals surface area contributed by atoms with Crippen LogP contribution >= 0.6 is 24.0 Å². The van der Waals surface area contributed by atoms with Crippen LogP contribution in [0.3, 0.4) is 0 Å². The van der Waals surface area contributed by atoms with Gasteiger partial charge in [-0.1, -0.05) is 0 Å². The van der Waals surface area contributed by atoms with E-state index in [2.05, 4.69) is 48.2 Å². The second kappa shape index (κ2) is 14.1. The van der Waals surface area contributed by atoms with Crippen molar-refractivity contribution in [3.05, 3.63) is 0 Å². The molecule has 1 rings (SSSR count). The van der Waals surface area contributed by atoms with Crippen molar-refractivity contribution in [2.24, 2.45) is 10.9 Å². The maximum absolute atomic E-state index is 5.64. The Morgan fingerprint density at radius 2 is 1.67 bits per heavy atom. The van der Waals surface area contributed by atoms with Crippen LogP contribution in [0.2, 0.25) is 0 Å². The van der Waals surface area contributed by atoms with Crippen LogP contribution in [0.15, 0.2) is 4.99 Å². The molecule has 0 saturated heterocycles. The van der Waals surface area contributed by atoms with Gasteiger partial charge in [0, 0.05) is 52.0 Å². The molecule has 0 bridgehead atoms. The Labute approximate surface area is 166 Å². The van der Waals surface area contributed by atoms with Crippen LogP contribution in [0.4, 0.5) is 0 Å². The van der Waals surface area contributed by atoms with Crippen LogP contribution in [0, 0.1) is 5.92 Å². The average molecular weight is 454 g/mol. The molecule has 1 aliphatic rings. The molecule has 0 unspecified atom stereocenters. The van der Waals surface area contributed by atoms with Gasteiger partial charge >= 0.3 is 0 Å². The number of aliphatic imine (C=N–C) groups is 1.